The van der Waals surface area contributed by atoms with Crippen LogP contribution in [-0.2, 0) is 6.54 Å². The zero-order valence-electron chi connectivity index (χ0n) is 17.3. The third-order valence-electron chi connectivity index (χ3n) is 5.87. The van der Waals surface area contributed by atoms with Gasteiger partial charge in [0, 0.05) is 42.1 Å². The minimum atomic E-state index is -0.804. The van der Waals surface area contributed by atoms with Crippen molar-refractivity contribution in [3.63, 3.8) is 0 Å². The lowest BCUT2D eigenvalue weighted by molar-refractivity contribution is 0.582. The molecule has 0 spiro atoms. The second kappa shape index (κ2) is 7.74. The fourth-order valence-electron chi connectivity index (χ4n) is 4.28. The lowest BCUT2D eigenvalue weighted by atomic mass is 9.99. The number of halogens is 3. The van der Waals surface area contributed by atoms with Gasteiger partial charge in [0.25, 0.3) is 0 Å². The molecule has 9 heteroatoms. The van der Waals surface area contributed by atoms with Crippen LogP contribution in [0.5, 0.6) is 0 Å². The number of hydrogen-bond acceptors (Lipinski definition) is 5. The van der Waals surface area contributed by atoms with Crippen molar-refractivity contribution in [2.75, 3.05) is 18.4 Å². The quantitative estimate of drug-likeness (QED) is 0.429. The largest absolute Gasteiger partial charge is 0.356 e. The van der Waals surface area contributed by atoms with Gasteiger partial charge < -0.3 is 9.88 Å². The van der Waals surface area contributed by atoms with E-state index in [0.717, 1.165) is 48.3 Å². The van der Waals surface area contributed by atoms with Gasteiger partial charge in [0.1, 0.15) is 11.6 Å². The number of rotatable bonds is 3. The number of hydrogen-bond donors (Lipinski definition) is 1. The molecule has 0 amide bonds. The van der Waals surface area contributed by atoms with E-state index in [1.54, 1.807) is 0 Å². The molecule has 0 unspecified atom stereocenters. The van der Waals surface area contributed by atoms with Gasteiger partial charge in [-0.2, -0.15) is 0 Å². The SMILES string of the molecule is Fc1cc(F)c(C2=NCC=C2c2ccc3ncc(-c4cnc5n4CCCN5)cc3n2)cc1Cl. The maximum Gasteiger partial charge on any atom is 0.203 e. The van der Waals surface area contributed by atoms with Crippen LogP contribution in [0.25, 0.3) is 27.9 Å². The molecule has 0 saturated heterocycles. The number of imidazole rings is 1. The molecule has 3 aromatic heterocycles. The molecule has 1 aromatic carbocycles. The highest BCUT2D eigenvalue weighted by Crippen LogP contribution is 2.30. The Kier molecular flexibility index (Phi) is 4.69. The van der Waals surface area contributed by atoms with Gasteiger partial charge in [-0.3, -0.25) is 9.98 Å². The minimum absolute atomic E-state index is 0.150. The summed E-state index contributed by atoms with van der Waals surface area (Å²) >= 11 is 5.90. The van der Waals surface area contributed by atoms with Crippen LogP contribution >= 0.6 is 11.6 Å². The normalized spacial score (nSPS) is 15.2. The number of fused-ring (bicyclic) bond motifs is 2. The van der Waals surface area contributed by atoms with Crippen LogP contribution in [0.2, 0.25) is 5.02 Å². The van der Waals surface area contributed by atoms with Crippen molar-refractivity contribution in [1.29, 1.82) is 0 Å². The summed E-state index contributed by atoms with van der Waals surface area (Å²) < 4.78 is 30.3. The lowest BCUT2D eigenvalue weighted by Crippen LogP contribution is -2.17. The molecular weight excluding hydrogens is 446 g/mol. The summed E-state index contributed by atoms with van der Waals surface area (Å²) in [4.78, 5) is 18.2. The summed E-state index contributed by atoms with van der Waals surface area (Å²) in [6.07, 6.45) is 6.56. The van der Waals surface area contributed by atoms with Crippen molar-refractivity contribution >= 4 is 39.9 Å². The third kappa shape index (κ3) is 3.38. The van der Waals surface area contributed by atoms with Crippen LogP contribution in [0.3, 0.4) is 0 Å². The molecule has 2 aliphatic heterocycles. The number of nitrogens with zero attached hydrogens (tertiary/aromatic N) is 5. The Bertz CT molecular complexity index is 1490. The van der Waals surface area contributed by atoms with Crippen molar-refractivity contribution in [2.24, 2.45) is 4.99 Å². The number of allylic oxidation sites excluding steroid dienone is 1. The number of aromatic nitrogens is 4. The Hall–Kier alpha value is -3.65. The maximum absolute atomic E-state index is 14.5. The van der Waals surface area contributed by atoms with Crippen LogP contribution in [0, 0.1) is 11.6 Å². The average molecular weight is 463 g/mol. The Morgan fingerprint density at radius 3 is 2.82 bits per heavy atom. The van der Waals surface area contributed by atoms with Crippen molar-refractivity contribution in [2.45, 2.75) is 13.0 Å². The first-order chi connectivity index (χ1) is 16.1. The fraction of sp³-hybridized carbons (Fsp3) is 0.167. The van der Waals surface area contributed by atoms with E-state index in [9.17, 15) is 8.78 Å². The Morgan fingerprint density at radius 2 is 1.91 bits per heavy atom. The van der Waals surface area contributed by atoms with Gasteiger partial charge >= 0.3 is 0 Å². The first-order valence-corrected chi connectivity index (χ1v) is 10.9. The topological polar surface area (TPSA) is 68.0 Å². The molecule has 0 saturated carbocycles. The average Bonchev–Trinajstić information content (AvgIpc) is 3.48. The third-order valence-corrected chi connectivity index (χ3v) is 6.16. The maximum atomic E-state index is 14.5. The molecule has 0 fully saturated rings. The van der Waals surface area contributed by atoms with Crippen molar-refractivity contribution in [3.05, 3.63) is 76.7 Å². The van der Waals surface area contributed by atoms with E-state index in [1.807, 2.05) is 36.7 Å². The molecule has 0 aliphatic carbocycles. The Balaban J connectivity index is 1.40. The summed E-state index contributed by atoms with van der Waals surface area (Å²) in [5.41, 5.74) is 5.20. The minimum Gasteiger partial charge on any atom is -0.356 e. The molecule has 0 atom stereocenters. The van der Waals surface area contributed by atoms with Gasteiger partial charge in [0.2, 0.25) is 5.95 Å². The van der Waals surface area contributed by atoms with Gasteiger partial charge in [0.15, 0.2) is 0 Å². The summed E-state index contributed by atoms with van der Waals surface area (Å²) in [6, 6.07) is 7.73. The zero-order valence-corrected chi connectivity index (χ0v) is 18.1. The molecule has 0 bridgehead atoms. The van der Waals surface area contributed by atoms with E-state index in [4.69, 9.17) is 16.6 Å². The van der Waals surface area contributed by atoms with Gasteiger partial charge in [-0.15, -0.1) is 0 Å². The number of pyridine rings is 2. The van der Waals surface area contributed by atoms with Gasteiger partial charge in [-0.25, -0.2) is 18.7 Å². The molecule has 4 aromatic rings. The first kappa shape index (κ1) is 20.0. The van der Waals surface area contributed by atoms with Crippen LogP contribution in [0.1, 0.15) is 17.7 Å². The highest BCUT2D eigenvalue weighted by atomic mass is 35.5. The standard InChI is InChI=1S/C24H17ClF2N6/c25-16-9-15(17(26)10-18(16)27)23-14(4-6-28-23)19-2-3-20-21(32-19)8-13(11-30-20)22-12-31-24-29-5-1-7-33(22)24/h2-4,8-12H,1,5-7H2,(H,29,31). The van der Waals surface area contributed by atoms with E-state index >= 15 is 0 Å². The fourth-order valence-corrected chi connectivity index (χ4v) is 4.44. The number of benzene rings is 1. The van der Waals surface area contributed by atoms with Gasteiger partial charge in [-0.05, 0) is 30.7 Å². The summed E-state index contributed by atoms with van der Waals surface area (Å²) in [5, 5.41) is 3.15. The lowest BCUT2D eigenvalue weighted by Gasteiger charge is -2.17. The zero-order chi connectivity index (χ0) is 22.5. The van der Waals surface area contributed by atoms with E-state index in [1.165, 1.54) is 6.07 Å². The molecule has 2 aliphatic rings. The first-order valence-electron chi connectivity index (χ1n) is 10.6. The van der Waals surface area contributed by atoms with Crippen LogP contribution in [0.15, 0.2) is 53.8 Å². The van der Waals surface area contributed by atoms with Crippen LogP contribution in [0.4, 0.5) is 14.7 Å². The monoisotopic (exact) mass is 462 g/mol. The summed E-state index contributed by atoms with van der Waals surface area (Å²) in [5.74, 6) is -0.663. The number of anilines is 1. The molecule has 33 heavy (non-hydrogen) atoms. The molecule has 5 heterocycles. The van der Waals surface area contributed by atoms with E-state index in [2.05, 4.69) is 24.8 Å². The summed E-state index contributed by atoms with van der Waals surface area (Å²) in [6.45, 7) is 2.18. The molecular formula is C24H17ClF2N6. The van der Waals surface area contributed by atoms with Crippen molar-refractivity contribution < 1.29 is 8.78 Å². The number of nitrogens with one attached hydrogen (secondary N) is 1. The molecule has 6 nitrogen and oxygen atoms in total. The van der Waals surface area contributed by atoms with Gasteiger partial charge in [0.05, 0.1) is 45.9 Å². The smallest absolute Gasteiger partial charge is 0.203 e. The number of aliphatic imine (C=N–C) groups is 1. The van der Waals surface area contributed by atoms with Crippen LogP contribution < -0.4 is 5.32 Å². The highest BCUT2D eigenvalue weighted by Gasteiger charge is 2.22. The molecule has 164 valence electrons. The second-order valence-corrected chi connectivity index (χ2v) is 8.32. The predicted octanol–water partition coefficient (Wildman–Crippen LogP) is 5.13. The van der Waals surface area contributed by atoms with Crippen molar-refractivity contribution in [3.8, 4) is 11.3 Å². The van der Waals surface area contributed by atoms with E-state index in [-0.39, 0.29) is 10.6 Å². The summed E-state index contributed by atoms with van der Waals surface area (Å²) in [7, 11) is 0. The van der Waals surface area contributed by atoms with Crippen molar-refractivity contribution in [1.82, 2.24) is 19.5 Å². The molecule has 0 radical (unpaired) electrons. The second-order valence-electron chi connectivity index (χ2n) is 7.91. The van der Waals surface area contributed by atoms with E-state index in [0.29, 0.717) is 29.0 Å². The van der Waals surface area contributed by atoms with Gasteiger partial charge in [-0.1, -0.05) is 17.7 Å². The van der Waals surface area contributed by atoms with E-state index < -0.39 is 11.6 Å². The van der Waals surface area contributed by atoms with Crippen LogP contribution in [-0.4, -0.2) is 38.3 Å². The Labute approximate surface area is 192 Å². The molecule has 1 N–H and O–H groups in total. The highest BCUT2D eigenvalue weighted by molar-refractivity contribution is 6.35. The predicted molar refractivity (Wildman–Crippen MR) is 125 cm³/mol. The molecule has 6 rings (SSSR count). The Morgan fingerprint density at radius 1 is 1.00 bits per heavy atom.